The second-order valence-corrected chi connectivity index (χ2v) is 6.51. The zero-order valence-electron chi connectivity index (χ0n) is 13.4. The van der Waals surface area contributed by atoms with E-state index in [1.54, 1.807) is 13.8 Å². The predicted octanol–water partition coefficient (Wildman–Crippen LogP) is 3.05. The van der Waals surface area contributed by atoms with Gasteiger partial charge in [0.15, 0.2) is 0 Å². The minimum Gasteiger partial charge on any atom is -0.465 e. The van der Waals surface area contributed by atoms with Crippen molar-refractivity contribution in [1.29, 1.82) is 0 Å². The molecule has 1 atom stereocenters. The molecule has 1 aliphatic rings. The molecule has 0 amide bonds. The third kappa shape index (κ3) is 2.60. The van der Waals surface area contributed by atoms with Crippen molar-refractivity contribution >= 4 is 28.3 Å². The fourth-order valence-corrected chi connectivity index (χ4v) is 4.43. The molecule has 1 aromatic rings. The van der Waals surface area contributed by atoms with Crippen molar-refractivity contribution in [2.24, 2.45) is 0 Å². The molecule has 0 radical (unpaired) electrons. The lowest BCUT2D eigenvalue weighted by Gasteiger charge is -2.35. The van der Waals surface area contributed by atoms with Gasteiger partial charge in [0.25, 0.3) is 0 Å². The van der Waals surface area contributed by atoms with Crippen LogP contribution in [0.25, 0.3) is 0 Å². The van der Waals surface area contributed by atoms with Crippen LogP contribution in [0.15, 0.2) is 0 Å². The monoisotopic (exact) mass is 325 g/mol. The van der Waals surface area contributed by atoms with Gasteiger partial charge >= 0.3 is 11.9 Å². The van der Waals surface area contributed by atoms with Crippen molar-refractivity contribution < 1.29 is 19.1 Å². The van der Waals surface area contributed by atoms with Crippen LogP contribution in [0, 0.1) is 0 Å². The second-order valence-electron chi connectivity index (χ2n) is 5.37. The minimum absolute atomic E-state index is 0.262. The summed E-state index contributed by atoms with van der Waals surface area (Å²) < 4.78 is 10.5. The lowest BCUT2D eigenvalue weighted by Crippen LogP contribution is -2.41. The van der Waals surface area contributed by atoms with Crippen molar-refractivity contribution in [3.8, 4) is 0 Å². The van der Waals surface area contributed by atoms with Gasteiger partial charge in [0.2, 0.25) is 0 Å². The summed E-state index contributed by atoms with van der Waals surface area (Å²) in [4.78, 5) is 26.0. The van der Waals surface area contributed by atoms with E-state index in [1.807, 2.05) is 6.92 Å². The van der Waals surface area contributed by atoms with Crippen molar-refractivity contribution in [2.45, 2.75) is 51.9 Å². The van der Waals surface area contributed by atoms with Gasteiger partial charge in [-0.25, -0.2) is 4.79 Å². The molecule has 0 spiro atoms. The van der Waals surface area contributed by atoms with Gasteiger partial charge in [-0.2, -0.15) is 0 Å². The Morgan fingerprint density at radius 3 is 2.50 bits per heavy atom. The third-order valence-electron chi connectivity index (χ3n) is 4.24. The first-order chi connectivity index (χ1) is 10.5. The SMILES string of the molecule is CCOC(=O)c1c(N)sc2c1[C@](CC)(C(=O)OCC)CCC2. The Kier molecular flexibility index (Phi) is 5.11. The smallest absolute Gasteiger partial charge is 0.341 e. The number of nitrogens with two attached hydrogens (primary N) is 1. The average molecular weight is 325 g/mol. The summed E-state index contributed by atoms with van der Waals surface area (Å²) in [6.45, 7) is 6.10. The first-order valence-electron chi connectivity index (χ1n) is 7.77. The maximum Gasteiger partial charge on any atom is 0.341 e. The van der Waals surface area contributed by atoms with Crippen LogP contribution >= 0.6 is 11.3 Å². The van der Waals surface area contributed by atoms with Crippen LogP contribution < -0.4 is 5.73 Å². The van der Waals surface area contributed by atoms with Gasteiger partial charge in [-0.3, -0.25) is 4.79 Å². The number of esters is 2. The number of aryl methyl sites for hydroxylation is 1. The van der Waals surface area contributed by atoms with Crippen molar-refractivity contribution in [3.05, 3.63) is 16.0 Å². The predicted molar refractivity (Wildman–Crippen MR) is 86.2 cm³/mol. The molecule has 0 aromatic carbocycles. The first kappa shape index (κ1) is 16.8. The summed E-state index contributed by atoms with van der Waals surface area (Å²) in [5, 5.41) is 0.437. The molecule has 22 heavy (non-hydrogen) atoms. The number of anilines is 1. The van der Waals surface area contributed by atoms with E-state index in [2.05, 4.69) is 0 Å². The number of carbonyl (C=O) groups is 2. The van der Waals surface area contributed by atoms with E-state index in [0.717, 1.165) is 23.3 Å². The zero-order chi connectivity index (χ0) is 16.3. The number of nitrogen functional groups attached to an aromatic ring is 1. The summed E-state index contributed by atoms with van der Waals surface area (Å²) in [6.07, 6.45) is 2.99. The first-order valence-corrected chi connectivity index (χ1v) is 8.59. The van der Waals surface area contributed by atoms with Crippen molar-refractivity contribution in [1.82, 2.24) is 0 Å². The molecule has 1 heterocycles. The van der Waals surface area contributed by atoms with E-state index in [0.29, 0.717) is 30.0 Å². The van der Waals surface area contributed by atoms with E-state index in [1.165, 1.54) is 11.3 Å². The molecule has 0 fully saturated rings. The van der Waals surface area contributed by atoms with Crippen LogP contribution in [0.3, 0.4) is 0 Å². The molecule has 1 aliphatic carbocycles. The molecule has 122 valence electrons. The average Bonchev–Trinajstić information content (AvgIpc) is 2.83. The summed E-state index contributed by atoms with van der Waals surface area (Å²) >= 11 is 1.39. The maximum atomic E-state index is 12.6. The highest BCUT2D eigenvalue weighted by Gasteiger charge is 2.47. The van der Waals surface area contributed by atoms with Crippen molar-refractivity contribution in [3.63, 3.8) is 0 Å². The van der Waals surface area contributed by atoms with Crippen LogP contribution in [0.4, 0.5) is 5.00 Å². The van der Waals surface area contributed by atoms with E-state index in [4.69, 9.17) is 15.2 Å². The molecule has 0 aliphatic heterocycles. The second kappa shape index (κ2) is 6.69. The molecule has 0 bridgehead atoms. The van der Waals surface area contributed by atoms with Crippen LogP contribution in [0.5, 0.6) is 0 Å². The fourth-order valence-electron chi connectivity index (χ4n) is 3.23. The molecule has 1 aromatic heterocycles. The summed E-state index contributed by atoms with van der Waals surface area (Å²) in [7, 11) is 0. The molecule has 0 unspecified atom stereocenters. The molecular formula is C16H23NO4S. The summed E-state index contributed by atoms with van der Waals surface area (Å²) in [5.41, 5.74) is 6.41. The number of hydrogen-bond donors (Lipinski definition) is 1. The zero-order valence-corrected chi connectivity index (χ0v) is 14.2. The Hall–Kier alpha value is -1.56. The number of thiophene rings is 1. The van der Waals surface area contributed by atoms with Gasteiger partial charge in [0.05, 0.1) is 24.2 Å². The molecule has 6 heteroatoms. The molecule has 2 rings (SSSR count). The topological polar surface area (TPSA) is 78.6 Å². The van der Waals surface area contributed by atoms with Crippen LogP contribution in [-0.4, -0.2) is 25.2 Å². The Balaban J connectivity index is 2.61. The van der Waals surface area contributed by atoms with Gasteiger partial charge in [-0.05, 0) is 39.5 Å². The quantitative estimate of drug-likeness (QED) is 0.842. The number of ether oxygens (including phenoxy) is 2. The Labute approximate surface area is 134 Å². The van der Waals surface area contributed by atoms with Crippen LogP contribution in [-0.2, 0) is 26.1 Å². The molecular weight excluding hydrogens is 302 g/mol. The Morgan fingerprint density at radius 2 is 1.91 bits per heavy atom. The number of hydrogen-bond acceptors (Lipinski definition) is 6. The molecule has 0 saturated heterocycles. The maximum absolute atomic E-state index is 12.6. The Morgan fingerprint density at radius 1 is 1.23 bits per heavy atom. The van der Waals surface area contributed by atoms with Crippen LogP contribution in [0.1, 0.15) is 60.8 Å². The highest BCUT2D eigenvalue weighted by atomic mass is 32.1. The summed E-state index contributed by atoms with van der Waals surface area (Å²) in [6, 6.07) is 0. The standard InChI is InChI=1S/C16H23NO4S/c1-4-16(15(19)21-6-3)9-7-8-10-12(16)11(13(17)22-10)14(18)20-5-2/h4-9,17H2,1-3H3/t16-/m1/s1. The highest BCUT2D eigenvalue weighted by Crippen LogP contribution is 2.48. The lowest BCUT2D eigenvalue weighted by molar-refractivity contribution is -0.151. The van der Waals surface area contributed by atoms with Gasteiger partial charge in [0, 0.05) is 10.4 Å². The van der Waals surface area contributed by atoms with E-state index in [9.17, 15) is 9.59 Å². The Bertz CT molecular complexity index is 581. The molecule has 2 N–H and O–H groups in total. The number of carbonyl (C=O) groups excluding carboxylic acids is 2. The van der Waals surface area contributed by atoms with Gasteiger partial charge in [-0.1, -0.05) is 6.92 Å². The van der Waals surface area contributed by atoms with Gasteiger partial charge < -0.3 is 15.2 Å². The van der Waals surface area contributed by atoms with E-state index in [-0.39, 0.29) is 12.6 Å². The van der Waals surface area contributed by atoms with E-state index >= 15 is 0 Å². The van der Waals surface area contributed by atoms with E-state index < -0.39 is 11.4 Å². The normalized spacial score (nSPS) is 20.3. The summed E-state index contributed by atoms with van der Waals surface area (Å²) in [5.74, 6) is -0.705. The van der Waals surface area contributed by atoms with Crippen LogP contribution in [0.2, 0.25) is 0 Å². The molecule has 0 saturated carbocycles. The van der Waals surface area contributed by atoms with Gasteiger partial charge in [-0.15, -0.1) is 11.3 Å². The largest absolute Gasteiger partial charge is 0.465 e. The van der Waals surface area contributed by atoms with Crippen molar-refractivity contribution in [2.75, 3.05) is 18.9 Å². The minimum atomic E-state index is -0.778. The number of rotatable bonds is 5. The third-order valence-corrected chi connectivity index (χ3v) is 5.32. The number of fused-ring (bicyclic) bond motifs is 1. The lowest BCUT2D eigenvalue weighted by atomic mass is 9.69. The molecule has 5 nitrogen and oxygen atoms in total. The highest BCUT2D eigenvalue weighted by molar-refractivity contribution is 7.16. The fraction of sp³-hybridized carbons (Fsp3) is 0.625. The van der Waals surface area contributed by atoms with Gasteiger partial charge in [0.1, 0.15) is 5.00 Å².